The minimum atomic E-state index is -4.31. The number of halogens is 4. The van der Waals surface area contributed by atoms with E-state index < -0.39 is 11.7 Å². The fourth-order valence-electron chi connectivity index (χ4n) is 2.63. The predicted molar refractivity (Wildman–Crippen MR) is 72.3 cm³/mol. The molecule has 1 N–H and O–H groups in total. The van der Waals surface area contributed by atoms with Crippen molar-refractivity contribution in [1.29, 1.82) is 0 Å². The van der Waals surface area contributed by atoms with E-state index in [-0.39, 0.29) is 12.4 Å². The summed E-state index contributed by atoms with van der Waals surface area (Å²) in [5.41, 5.74) is 1.48. The number of nitrogens with zero attached hydrogens (tertiary/aromatic N) is 1. The van der Waals surface area contributed by atoms with E-state index in [0.29, 0.717) is 45.1 Å². The zero-order valence-corrected chi connectivity index (χ0v) is 11.6. The van der Waals surface area contributed by atoms with Crippen LogP contribution in [-0.2, 0) is 24.0 Å². The minimum absolute atomic E-state index is 0. The number of ether oxygens (including phenoxy) is 1. The van der Waals surface area contributed by atoms with Gasteiger partial charge in [0.2, 0.25) is 0 Å². The van der Waals surface area contributed by atoms with Crippen molar-refractivity contribution in [2.45, 2.75) is 19.3 Å². The summed E-state index contributed by atoms with van der Waals surface area (Å²) in [6.45, 7) is 3.14. The van der Waals surface area contributed by atoms with Gasteiger partial charge in [-0.3, -0.25) is 0 Å². The number of fused-ring (bicyclic) bond motifs is 1. The summed E-state index contributed by atoms with van der Waals surface area (Å²) in [7, 11) is 0. The molecule has 2 heterocycles. The molecule has 7 heteroatoms. The lowest BCUT2D eigenvalue weighted by atomic mass is 10.0. The van der Waals surface area contributed by atoms with E-state index >= 15 is 0 Å². The summed E-state index contributed by atoms with van der Waals surface area (Å²) in [5, 5.41) is 3.09. The first kappa shape index (κ1) is 15.4. The third kappa shape index (κ3) is 2.87. The lowest BCUT2D eigenvalue weighted by molar-refractivity contribution is -0.137. The first-order chi connectivity index (χ1) is 9.05. The molecule has 20 heavy (non-hydrogen) atoms. The summed E-state index contributed by atoms with van der Waals surface area (Å²) in [6, 6.07) is 2.98. The van der Waals surface area contributed by atoms with Gasteiger partial charge in [-0.25, -0.2) is 0 Å². The van der Waals surface area contributed by atoms with Gasteiger partial charge < -0.3 is 15.0 Å². The van der Waals surface area contributed by atoms with Crippen LogP contribution in [0.4, 0.5) is 18.9 Å². The van der Waals surface area contributed by atoms with Crippen molar-refractivity contribution in [3.05, 3.63) is 28.8 Å². The Labute approximate surface area is 121 Å². The Morgan fingerprint density at radius 3 is 2.25 bits per heavy atom. The van der Waals surface area contributed by atoms with Crippen molar-refractivity contribution in [1.82, 2.24) is 5.32 Å². The van der Waals surface area contributed by atoms with Crippen LogP contribution in [0.1, 0.15) is 16.7 Å². The Balaban J connectivity index is 0.00000147. The number of rotatable bonds is 1. The summed E-state index contributed by atoms with van der Waals surface area (Å²) in [6.07, 6.45) is -4.31. The molecule has 0 amide bonds. The van der Waals surface area contributed by atoms with Crippen molar-refractivity contribution in [2.75, 3.05) is 31.2 Å². The lowest BCUT2D eigenvalue weighted by Crippen LogP contribution is -2.37. The highest BCUT2D eigenvalue weighted by atomic mass is 35.5. The Hall–Kier alpha value is -0.980. The Morgan fingerprint density at radius 2 is 1.65 bits per heavy atom. The second kappa shape index (κ2) is 5.79. The van der Waals surface area contributed by atoms with Crippen LogP contribution in [0.5, 0.6) is 0 Å². The topological polar surface area (TPSA) is 24.5 Å². The maximum Gasteiger partial charge on any atom is 0.418 e. The van der Waals surface area contributed by atoms with Gasteiger partial charge in [0.1, 0.15) is 0 Å². The molecule has 3 nitrogen and oxygen atoms in total. The zero-order valence-electron chi connectivity index (χ0n) is 10.8. The van der Waals surface area contributed by atoms with Crippen molar-refractivity contribution in [3.63, 3.8) is 0 Å². The first-order valence-corrected chi connectivity index (χ1v) is 6.32. The van der Waals surface area contributed by atoms with Gasteiger partial charge in [0.15, 0.2) is 0 Å². The minimum Gasteiger partial charge on any atom is -0.378 e. The van der Waals surface area contributed by atoms with Crippen LogP contribution in [0, 0.1) is 0 Å². The van der Waals surface area contributed by atoms with Gasteiger partial charge in [0.05, 0.1) is 18.8 Å². The molecule has 1 aromatic rings. The van der Waals surface area contributed by atoms with Crippen LogP contribution in [0.3, 0.4) is 0 Å². The van der Waals surface area contributed by atoms with Gasteiger partial charge in [-0.05, 0) is 23.3 Å². The Bertz CT molecular complexity index is 487. The van der Waals surface area contributed by atoms with Crippen LogP contribution in [0.15, 0.2) is 12.1 Å². The van der Waals surface area contributed by atoms with Gasteiger partial charge in [-0.15, -0.1) is 12.4 Å². The standard InChI is InChI=1S/C13H15F3N2O.ClH/c14-13(15,16)11-5-9-7-17-8-10(9)6-12(11)18-1-3-19-4-2-18;/h5-6,17H,1-4,7-8H2;1H. The van der Waals surface area contributed by atoms with Crippen LogP contribution in [-0.4, -0.2) is 26.3 Å². The molecule has 0 saturated carbocycles. The van der Waals surface area contributed by atoms with Crippen LogP contribution in [0.25, 0.3) is 0 Å². The number of alkyl halides is 3. The van der Waals surface area contributed by atoms with Gasteiger partial charge in [0, 0.05) is 31.9 Å². The third-order valence-corrected chi connectivity index (χ3v) is 3.61. The Kier molecular flexibility index (Phi) is 4.46. The van der Waals surface area contributed by atoms with Crippen molar-refractivity contribution >= 4 is 18.1 Å². The number of hydrogen-bond acceptors (Lipinski definition) is 3. The fourth-order valence-corrected chi connectivity index (χ4v) is 2.63. The summed E-state index contributed by atoms with van der Waals surface area (Å²) >= 11 is 0. The smallest absolute Gasteiger partial charge is 0.378 e. The molecule has 0 bridgehead atoms. The Morgan fingerprint density at radius 1 is 1.05 bits per heavy atom. The molecular weight excluding hydrogens is 293 g/mol. The normalized spacial score (nSPS) is 18.6. The number of hydrogen-bond donors (Lipinski definition) is 1. The molecule has 3 rings (SSSR count). The number of benzene rings is 1. The van der Waals surface area contributed by atoms with E-state index in [2.05, 4.69) is 5.32 Å². The number of anilines is 1. The molecule has 112 valence electrons. The monoisotopic (exact) mass is 308 g/mol. The predicted octanol–water partition coefficient (Wildman–Crippen LogP) is 2.57. The summed E-state index contributed by atoms with van der Waals surface area (Å²) in [5.74, 6) is 0. The van der Waals surface area contributed by atoms with Gasteiger partial charge in [-0.1, -0.05) is 0 Å². The van der Waals surface area contributed by atoms with E-state index in [1.54, 1.807) is 11.0 Å². The SMILES string of the molecule is Cl.FC(F)(F)c1cc2c(cc1N1CCOCC1)CNC2. The maximum absolute atomic E-state index is 13.2. The first-order valence-electron chi connectivity index (χ1n) is 6.32. The average Bonchev–Trinajstić information content (AvgIpc) is 2.84. The number of nitrogens with one attached hydrogen (secondary N) is 1. The van der Waals surface area contributed by atoms with E-state index in [4.69, 9.17) is 4.74 Å². The molecule has 0 radical (unpaired) electrons. The molecule has 0 aromatic heterocycles. The van der Waals surface area contributed by atoms with Gasteiger partial charge >= 0.3 is 6.18 Å². The summed E-state index contributed by atoms with van der Waals surface area (Å²) in [4.78, 5) is 1.77. The summed E-state index contributed by atoms with van der Waals surface area (Å²) < 4.78 is 44.8. The van der Waals surface area contributed by atoms with E-state index in [1.165, 1.54) is 6.07 Å². The molecular formula is C13H16ClF3N2O. The third-order valence-electron chi connectivity index (χ3n) is 3.61. The zero-order chi connectivity index (χ0) is 13.5. The molecule has 1 fully saturated rings. The highest BCUT2D eigenvalue weighted by molar-refractivity contribution is 5.85. The molecule has 2 aliphatic rings. The largest absolute Gasteiger partial charge is 0.418 e. The van der Waals surface area contributed by atoms with E-state index in [1.807, 2.05) is 0 Å². The fraction of sp³-hybridized carbons (Fsp3) is 0.538. The van der Waals surface area contributed by atoms with E-state index in [9.17, 15) is 13.2 Å². The average molecular weight is 309 g/mol. The van der Waals surface area contributed by atoms with Crippen molar-refractivity contribution < 1.29 is 17.9 Å². The quantitative estimate of drug-likeness (QED) is 0.863. The molecule has 0 spiro atoms. The lowest BCUT2D eigenvalue weighted by Gasteiger charge is -2.31. The molecule has 1 aromatic carbocycles. The highest BCUT2D eigenvalue weighted by Crippen LogP contribution is 2.39. The molecule has 1 saturated heterocycles. The second-order valence-corrected chi connectivity index (χ2v) is 4.84. The van der Waals surface area contributed by atoms with Crippen LogP contribution < -0.4 is 10.2 Å². The highest BCUT2D eigenvalue weighted by Gasteiger charge is 2.36. The second-order valence-electron chi connectivity index (χ2n) is 4.84. The molecule has 2 aliphatic heterocycles. The molecule has 0 aliphatic carbocycles. The van der Waals surface area contributed by atoms with Gasteiger partial charge in [-0.2, -0.15) is 13.2 Å². The molecule has 0 unspecified atom stereocenters. The maximum atomic E-state index is 13.2. The van der Waals surface area contributed by atoms with Gasteiger partial charge in [0.25, 0.3) is 0 Å². The van der Waals surface area contributed by atoms with Crippen LogP contribution in [0.2, 0.25) is 0 Å². The van der Waals surface area contributed by atoms with E-state index in [0.717, 1.165) is 11.1 Å². The van der Waals surface area contributed by atoms with Crippen molar-refractivity contribution in [2.24, 2.45) is 0 Å². The number of morpholine rings is 1. The molecule has 0 atom stereocenters. The van der Waals surface area contributed by atoms with Crippen LogP contribution >= 0.6 is 12.4 Å². The van der Waals surface area contributed by atoms with Crippen molar-refractivity contribution in [3.8, 4) is 0 Å².